The monoisotopic (exact) mass is 474 g/mol. The summed E-state index contributed by atoms with van der Waals surface area (Å²) in [6, 6.07) is 6.70. The maximum atomic E-state index is 13.0. The Bertz CT molecular complexity index is 987. The van der Waals surface area contributed by atoms with Crippen LogP contribution in [0, 0.1) is 23.2 Å². The number of rotatable bonds is 5. The third-order valence-electron chi connectivity index (χ3n) is 3.48. The number of nitrogens with one attached hydrogen (secondary N) is 1. The summed E-state index contributed by atoms with van der Waals surface area (Å²) in [5, 5.41) is 8.25. The van der Waals surface area contributed by atoms with Gasteiger partial charge in [-0.2, -0.15) is 4.39 Å². The Labute approximate surface area is 168 Å². The summed E-state index contributed by atoms with van der Waals surface area (Å²) < 4.78 is 13.7. The van der Waals surface area contributed by atoms with E-state index in [2.05, 4.69) is 56.1 Å². The van der Waals surface area contributed by atoms with Crippen LogP contribution in [0.25, 0.3) is 11.3 Å². The zero-order valence-electron chi connectivity index (χ0n) is 13.4. The minimum Gasteiger partial charge on any atom is -0.308 e. The standard InChI is InChI=1S/C19H12FIN4S/c1-23-18(21)9-5-13(10-22)16-7-3-12-2-6-15(25-19(12)26-16)14-4-8-17(20)24-11-14/h2,4-6,8-11,16,22H,1H2/b13-5+,18-9+,22-10?. The number of aliphatic imine (C=N–C) groups is 1. The minimum absolute atomic E-state index is 0.195. The van der Waals surface area contributed by atoms with Gasteiger partial charge in [-0.3, -0.25) is 4.99 Å². The van der Waals surface area contributed by atoms with E-state index in [0.717, 1.165) is 25.4 Å². The molecule has 1 atom stereocenters. The highest BCUT2D eigenvalue weighted by atomic mass is 127. The van der Waals surface area contributed by atoms with Crippen LogP contribution >= 0.6 is 34.4 Å². The van der Waals surface area contributed by atoms with Crippen molar-refractivity contribution in [2.24, 2.45) is 4.99 Å². The largest absolute Gasteiger partial charge is 0.308 e. The van der Waals surface area contributed by atoms with Crippen LogP contribution in [0.1, 0.15) is 5.56 Å². The summed E-state index contributed by atoms with van der Waals surface area (Å²) in [6.07, 6.45) is 6.35. The van der Waals surface area contributed by atoms with Gasteiger partial charge in [-0.15, -0.1) is 0 Å². The number of hydrogen-bond donors (Lipinski definition) is 1. The lowest BCUT2D eigenvalue weighted by molar-refractivity contribution is 0.584. The molecule has 1 aliphatic heterocycles. The van der Waals surface area contributed by atoms with E-state index >= 15 is 0 Å². The van der Waals surface area contributed by atoms with E-state index < -0.39 is 5.95 Å². The van der Waals surface area contributed by atoms with Gasteiger partial charge in [0, 0.05) is 18.0 Å². The number of pyridine rings is 2. The molecule has 0 saturated heterocycles. The van der Waals surface area contributed by atoms with Crippen LogP contribution in [0.2, 0.25) is 0 Å². The topological polar surface area (TPSA) is 62.0 Å². The fraction of sp³-hybridized carbons (Fsp3) is 0.0526. The van der Waals surface area contributed by atoms with Crippen LogP contribution in [-0.2, 0) is 0 Å². The van der Waals surface area contributed by atoms with Gasteiger partial charge in [-0.25, -0.2) is 9.97 Å². The van der Waals surface area contributed by atoms with Crippen LogP contribution in [0.3, 0.4) is 0 Å². The number of nitrogens with zero attached hydrogens (tertiary/aromatic N) is 3. The van der Waals surface area contributed by atoms with E-state index in [1.165, 1.54) is 30.2 Å². The van der Waals surface area contributed by atoms with Gasteiger partial charge in [0.1, 0.15) is 8.73 Å². The highest BCUT2D eigenvalue weighted by Gasteiger charge is 2.19. The number of aromatic nitrogens is 2. The number of halogens is 2. The van der Waals surface area contributed by atoms with Crippen molar-refractivity contribution in [3.8, 4) is 23.1 Å². The van der Waals surface area contributed by atoms with E-state index in [0.29, 0.717) is 5.69 Å². The molecule has 0 saturated carbocycles. The smallest absolute Gasteiger partial charge is 0.212 e. The van der Waals surface area contributed by atoms with Crippen molar-refractivity contribution in [2.45, 2.75) is 10.3 Å². The molecule has 2 aromatic heterocycles. The van der Waals surface area contributed by atoms with Crippen LogP contribution in [0.5, 0.6) is 0 Å². The second-order valence-corrected chi connectivity index (χ2v) is 7.34. The highest BCUT2D eigenvalue weighted by Crippen LogP contribution is 2.33. The molecule has 0 aromatic carbocycles. The van der Waals surface area contributed by atoms with Crippen molar-refractivity contribution >= 4 is 47.3 Å². The van der Waals surface area contributed by atoms with Gasteiger partial charge >= 0.3 is 0 Å². The summed E-state index contributed by atoms with van der Waals surface area (Å²) in [4.78, 5) is 12.1. The molecule has 0 amide bonds. The normalized spacial score (nSPS) is 16.3. The van der Waals surface area contributed by atoms with E-state index in [-0.39, 0.29) is 5.25 Å². The van der Waals surface area contributed by atoms with Crippen LogP contribution in [0.4, 0.5) is 4.39 Å². The van der Waals surface area contributed by atoms with Crippen LogP contribution in [0.15, 0.2) is 61.9 Å². The van der Waals surface area contributed by atoms with E-state index in [1.54, 1.807) is 12.1 Å². The molecule has 0 radical (unpaired) electrons. The predicted molar refractivity (Wildman–Crippen MR) is 112 cm³/mol. The summed E-state index contributed by atoms with van der Waals surface area (Å²) in [7, 11) is 0. The van der Waals surface area contributed by atoms with Crippen molar-refractivity contribution < 1.29 is 4.39 Å². The molecule has 0 aliphatic carbocycles. The molecule has 0 bridgehead atoms. The fourth-order valence-corrected chi connectivity index (χ4v) is 3.38. The molecule has 1 unspecified atom stereocenters. The molecule has 0 fully saturated rings. The molecular weight excluding hydrogens is 462 g/mol. The Morgan fingerprint density at radius 2 is 2.19 bits per heavy atom. The van der Waals surface area contributed by atoms with Crippen molar-refractivity contribution in [3.05, 3.63) is 63.4 Å². The summed E-state index contributed by atoms with van der Waals surface area (Å²) >= 11 is 3.55. The quantitative estimate of drug-likeness (QED) is 0.171. The first-order chi connectivity index (χ1) is 12.6. The van der Waals surface area contributed by atoms with Gasteiger partial charge < -0.3 is 5.41 Å². The molecule has 2 aromatic rings. The molecule has 128 valence electrons. The second-order valence-electron chi connectivity index (χ2n) is 5.14. The van der Waals surface area contributed by atoms with Gasteiger partial charge in [0.25, 0.3) is 0 Å². The third-order valence-corrected chi connectivity index (χ3v) is 5.35. The molecule has 4 nitrogen and oxygen atoms in total. The fourth-order valence-electron chi connectivity index (χ4n) is 2.18. The summed E-state index contributed by atoms with van der Waals surface area (Å²) in [5.41, 5.74) is 3.04. The highest BCUT2D eigenvalue weighted by molar-refractivity contribution is 14.1. The molecule has 1 N–H and O–H groups in total. The zero-order valence-corrected chi connectivity index (χ0v) is 16.4. The number of hydrogen-bond acceptors (Lipinski definition) is 5. The first-order valence-corrected chi connectivity index (χ1v) is 9.42. The van der Waals surface area contributed by atoms with Gasteiger partial charge in [0.2, 0.25) is 5.95 Å². The molecule has 0 spiro atoms. The molecule has 7 heteroatoms. The molecule has 3 rings (SSSR count). The van der Waals surface area contributed by atoms with Gasteiger partial charge in [-0.1, -0.05) is 29.7 Å². The lowest BCUT2D eigenvalue weighted by Gasteiger charge is -2.16. The second kappa shape index (κ2) is 8.38. The maximum absolute atomic E-state index is 13.0. The number of allylic oxidation sites excluding steroid dienone is 2. The van der Waals surface area contributed by atoms with E-state index in [4.69, 9.17) is 5.41 Å². The Kier molecular flexibility index (Phi) is 5.96. The Balaban J connectivity index is 1.91. The lowest BCUT2D eigenvalue weighted by Crippen LogP contribution is -2.09. The van der Waals surface area contributed by atoms with Crippen LogP contribution in [-0.4, -0.2) is 28.2 Å². The van der Waals surface area contributed by atoms with Crippen LogP contribution < -0.4 is 0 Å². The zero-order chi connectivity index (χ0) is 18.5. The predicted octanol–water partition coefficient (Wildman–Crippen LogP) is 4.66. The van der Waals surface area contributed by atoms with Crippen molar-refractivity contribution in [1.29, 1.82) is 5.41 Å². The van der Waals surface area contributed by atoms with Gasteiger partial charge in [-0.05, 0) is 65.2 Å². The van der Waals surface area contributed by atoms with Crippen molar-refractivity contribution in [3.63, 3.8) is 0 Å². The molecule has 3 heterocycles. The summed E-state index contributed by atoms with van der Waals surface area (Å²) in [5.74, 6) is 5.73. The SMILES string of the molecule is C=N/C(I)=C/C=C(\C=N)C1C#Cc2ccc(-c3ccc(F)nc3)nc2S1. The minimum atomic E-state index is -0.524. The molecule has 26 heavy (non-hydrogen) atoms. The summed E-state index contributed by atoms with van der Waals surface area (Å²) in [6.45, 7) is 3.47. The number of thioether (sulfide) groups is 1. The van der Waals surface area contributed by atoms with E-state index in [9.17, 15) is 4.39 Å². The molecule has 1 aliphatic rings. The van der Waals surface area contributed by atoms with Crippen molar-refractivity contribution in [1.82, 2.24) is 9.97 Å². The Morgan fingerprint density at radius 1 is 1.35 bits per heavy atom. The van der Waals surface area contributed by atoms with E-state index in [1.807, 2.05) is 18.2 Å². The average Bonchev–Trinajstić information content (AvgIpc) is 2.68. The molecular formula is C19H12FIN4S. The van der Waals surface area contributed by atoms with Gasteiger partial charge in [0.15, 0.2) is 0 Å². The Morgan fingerprint density at radius 3 is 2.88 bits per heavy atom. The third kappa shape index (κ3) is 4.26. The Hall–Kier alpha value is -2.31. The lowest BCUT2D eigenvalue weighted by atomic mass is 10.1. The average molecular weight is 474 g/mol. The first kappa shape index (κ1) is 18.5. The number of fused-ring (bicyclic) bond motifs is 1. The van der Waals surface area contributed by atoms with Crippen molar-refractivity contribution in [2.75, 3.05) is 0 Å². The first-order valence-electron chi connectivity index (χ1n) is 7.46. The van der Waals surface area contributed by atoms with Gasteiger partial charge in [0.05, 0.1) is 16.5 Å². The maximum Gasteiger partial charge on any atom is 0.212 e.